The Hall–Kier alpha value is -0.0800. The van der Waals surface area contributed by atoms with Gasteiger partial charge in [0.1, 0.15) is 0 Å². The molecule has 1 aliphatic rings. The molecule has 0 spiro atoms. The van der Waals surface area contributed by atoms with E-state index in [0.29, 0.717) is 6.10 Å². The number of likely N-dealkylation sites (N-methyl/N-ethyl adjacent to an activating group) is 1. The first-order valence-electron chi connectivity index (χ1n) is 2.69. The van der Waals surface area contributed by atoms with Gasteiger partial charge in [0.25, 0.3) is 0 Å². The first-order valence-corrected chi connectivity index (χ1v) is 2.69. The number of rotatable bonds is 2. The molecule has 42 valence electrons. The van der Waals surface area contributed by atoms with E-state index in [4.69, 9.17) is 4.74 Å². The molecule has 0 radical (unpaired) electrons. The van der Waals surface area contributed by atoms with E-state index in [1.165, 1.54) is 6.42 Å². The minimum Gasteiger partial charge on any atom is -0.377 e. The van der Waals surface area contributed by atoms with Crippen LogP contribution in [0.25, 0.3) is 0 Å². The molecule has 0 aromatic rings. The van der Waals surface area contributed by atoms with Crippen LogP contribution in [0.4, 0.5) is 0 Å². The molecule has 1 N–H and O–H groups in total. The first kappa shape index (κ1) is 5.06. The van der Waals surface area contributed by atoms with Crippen LogP contribution in [-0.2, 0) is 4.74 Å². The monoisotopic (exact) mass is 101 g/mol. The van der Waals surface area contributed by atoms with Crippen molar-refractivity contribution in [3.8, 4) is 0 Å². The molecule has 0 amide bonds. The molecule has 0 unspecified atom stereocenters. The van der Waals surface area contributed by atoms with Crippen molar-refractivity contribution >= 4 is 0 Å². The number of nitrogens with one attached hydrogen (secondary N) is 1. The largest absolute Gasteiger partial charge is 0.377 e. The molecule has 1 fully saturated rings. The second-order valence-corrected chi connectivity index (χ2v) is 1.84. The van der Waals surface area contributed by atoms with Crippen LogP contribution in [0, 0.1) is 0 Å². The molecule has 0 aromatic heterocycles. The van der Waals surface area contributed by atoms with E-state index in [0.717, 1.165) is 13.2 Å². The highest BCUT2D eigenvalue weighted by atomic mass is 16.5. The standard InChI is InChI=1S/C5H11NO/c1-6-4-5-2-3-7-5/h5-6H,2-4H2,1H3/t5-/m0/s1. The third-order valence-corrected chi connectivity index (χ3v) is 1.23. The molecule has 7 heavy (non-hydrogen) atoms. The van der Waals surface area contributed by atoms with Gasteiger partial charge in [-0.15, -0.1) is 0 Å². The van der Waals surface area contributed by atoms with Crippen LogP contribution in [0.5, 0.6) is 0 Å². The maximum absolute atomic E-state index is 5.11. The second kappa shape index (κ2) is 2.28. The van der Waals surface area contributed by atoms with Crippen molar-refractivity contribution in [3.63, 3.8) is 0 Å². The summed E-state index contributed by atoms with van der Waals surface area (Å²) < 4.78 is 5.11. The lowest BCUT2D eigenvalue weighted by Crippen LogP contribution is -2.35. The van der Waals surface area contributed by atoms with Crippen molar-refractivity contribution in [3.05, 3.63) is 0 Å². The fourth-order valence-electron chi connectivity index (χ4n) is 0.673. The van der Waals surface area contributed by atoms with Crippen LogP contribution in [0.2, 0.25) is 0 Å². The van der Waals surface area contributed by atoms with Gasteiger partial charge < -0.3 is 10.1 Å². The van der Waals surface area contributed by atoms with Crippen LogP contribution in [0.15, 0.2) is 0 Å². The summed E-state index contributed by atoms with van der Waals surface area (Å²) >= 11 is 0. The van der Waals surface area contributed by atoms with Crippen molar-refractivity contribution in [2.45, 2.75) is 12.5 Å². The molecule has 1 rings (SSSR count). The average molecular weight is 101 g/mol. The number of hydrogen-bond donors (Lipinski definition) is 1. The second-order valence-electron chi connectivity index (χ2n) is 1.84. The summed E-state index contributed by atoms with van der Waals surface area (Å²) in [4.78, 5) is 0. The van der Waals surface area contributed by atoms with E-state index in [9.17, 15) is 0 Å². The zero-order valence-electron chi connectivity index (χ0n) is 4.61. The summed E-state index contributed by atoms with van der Waals surface area (Å²) in [6, 6.07) is 0. The molecule has 0 saturated carbocycles. The van der Waals surface area contributed by atoms with Crippen molar-refractivity contribution in [2.75, 3.05) is 20.2 Å². The van der Waals surface area contributed by atoms with E-state index in [1.807, 2.05) is 7.05 Å². The Balaban J connectivity index is 1.93. The van der Waals surface area contributed by atoms with Gasteiger partial charge in [0.05, 0.1) is 6.10 Å². The minimum absolute atomic E-state index is 0.519. The molecule has 1 atom stereocenters. The Morgan fingerprint density at radius 2 is 2.57 bits per heavy atom. The normalized spacial score (nSPS) is 29.6. The smallest absolute Gasteiger partial charge is 0.0721 e. The topological polar surface area (TPSA) is 21.3 Å². The van der Waals surface area contributed by atoms with E-state index < -0.39 is 0 Å². The summed E-state index contributed by atoms with van der Waals surface area (Å²) in [7, 11) is 1.95. The van der Waals surface area contributed by atoms with Gasteiger partial charge in [0, 0.05) is 13.2 Å². The van der Waals surface area contributed by atoms with Gasteiger partial charge in [-0.25, -0.2) is 0 Å². The highest BCUT2D eigenvalue weighted by Gasteiger charge is 2.15. The highest BCUT2D eigenvalue weighted by Crippen LogP contribution is 2.08. The predicted molar refractivity (Wildman–Crippen MR) is 28.3 cm³/mol. The lowest BCUT2D eigenvalue weighted by molar-refractivity contribution is -0.0473. The summed E-state index contributed by atoms with van der Waals surface area (Å²) in [6.07, 6.45) is 1.76. The van der Waals surface area contributed by atoms with E-state index >= 15 is 0 Å². The molecule has 1 saturated heterocycles. The lowest BCUT2D eigenvalue weighted by Gasteiger charge is -2.25. The van der Waals surface area contributed by atoms with Crippen LogP contribution in [0.3, 0.4) is 0 Å². The van der Waals surface area contributed by atoms with Gasteiger partial charge in [-0.1, -0.05) is 0 Å². The summed E-state index contributed by atoms with van der Waals surface area (Å²) in [5.74, 6) is 0. The van der Waals surface area contributed by atoms with Gasteiger partial charge in [-0.2, -0.15) is 0 Å². The van der Waals surface area contributed by atoms with Gasteiger partial charge >= 0.3 is 0 Å². The van der Waals surface area contributed by atoms with Crippen molar-refractivity contribution in [2.24, 2.45) is 0 Å². The summed E-state index contributed by atoms with van der Waals surface area (Å²) in [6.45, 7) is 1.98. The Kier molecular flexibility index (Phi) is 1.65. The van der Waals surface area contributed by atoms with Crippen LogP contribution >= 0.6 is 0 Å². The third kappa shape index (κ3) is 1.14. The highest BCUT2D eigenvalue weighted by molar-refractivity contribution is 4.66. The summed E-state index contributed by atoms with van der Waals surface area (Å²) in [5.41, 5.74) is 0. The van der Waals surface area contributed by atoms with Crippen LogP contribution in [-0.4, -0.2) is 26.3 Å². The Morgan fingerprint density at radius 3 is 2.71 bits per heavy atom. The molecule has 0 bridgehead atoms. The fourth-order valence-corrected chi connectivity index (χ4v) is 0.673. The molecule has 2 nitrogen and oxygen atoms in total. The van der Waals surface area contributed by atoms with Gasteiger partial charge in [0.2, 0.25) is 0 Å². The van der Waals surface area contributed by atoms with Gasteiger partial charge in [-0.3, -0.25) is 0 Å². The zero-order valence-corrected chi connectivity index (χ0v) is 4.61. The molecular weight excluding hydrogens is 90.1 g/mol. The van der Waals surface area contributed by atoms with Gasteiger partial charge in [0.15, 0.2) is 0 Å². The predicted octanol–water partition coefficient (Wildman–Crippen LogP) is -0.00530. The van der Waals surface area contributed by atoms with Gasteiger partial charge in [-0.05, 0) is 13.5 Å². The molecule has 0 aromatic carbocycles. The molecule has 1 heterocycles. The first-order chi connectivity index (χ1) is 3.43. The Morgan fingerprint density at radius 1 is 1.86 bits per heavy atom. The van der Waals surface area contributed by atoms with Crippen molar-refractivity contribution < 1.29 is 4.74 Å². The molecule has 1 aliphatic heterocycles. The number of hydrogen-bond acceptors (Lipinski definition) is 2. The summed E-state index contributed by atoms with van der Waals surface area (Å²) in [5, 5.41) is 3.04. The maximum atomic E-state index is 5.11. The molecular formula is C5H11NO. The molecule has 0 aliphatic carbocycles. The van der Waals surface area contributed by atoms with E-state index in [2.05, 4.69) is 5.32 Å². The average Bonchev–Trinajstić information content (AvgIpc) is 1.55. The van der Waals surface area contributed by atoms with E-state index in [1.54, 1.807) is 0 Å². The SMILES string of the molecule is CNC[C@@H]1CCO1. The van der Waals surface area contributed by atoms with Crippen LogP contribution in [0.1, 0.15) is 6.42 Å². The molecule has 2 heteroatoms. The van der Waals surface area contributed by atoms with Crippen molar-refractivity contribution in [1.29, 1.82) is 0 Å². The third-order valence-electron chi connectivity index (χ3n) is 1.23. The Bertz CT molecular complexity index is 52.0. The maximum Gasteiger partial charge on any atom is 0.0721 e. The van der Waals surface area contributed by atoms with Crippen LogP contribution < -0.4 is 5.32 Å². The van der Waals surface area contributed by atoms with Crippen molar-refractivity contribution in [1.82, 2.24) is 5.32 Å². The number of ether oxygens (including phenoxy) is 1. The quantitative estimate of drug-likeness (QED) is 0.528. The fraction of sp³-hybridized carbons (Fsp3) is 1.00. The minimum atomic E-state index is 0.519. The lowest BCUT2D eigenvalue weighted by atomic mass is 10.2. The Labute approximate surface area is 43.9 Å². The van der Waals surface area contributed by atoms with E-state index in [-0.39, 0.29) is 0 Å². The zero-order chi connectivity index (χ0) is 5.11.